The van der Waals surface area contributed by atoms with Gasteiger partial charge in [0.15, 0.2) is 0 Å². The summed E-state index contributed by atoms with van der Waals surface area (Å²) in [6.07, 6.45) is 1.67. The number of nitrogens with one attached hydrogen (secondary N) is 3. The Morgan fingerprint density at radius 3 is 3.15 bits per heavy atom. The van der Waals surface area contributed by atoms with Gasteiger partial charge >= 0.3 is 0 Å². The van der Waals surface area contributed by atoms with Crippen molar-refractivity contribution in [2.24, 2.45) is 0 Å². The molecule has 5 heteroatoms. The van der Waals surface area contributed by atoms with Crippen LogP contribution >= 0.6 is 0 Å². The molecule has 2 atom stereocenters. The minimum atomic E-state index is 0.372. The second-order valence-corrected chi connectivity index (χ2v) is 3.17. The Bertz CT molecular complexity index is 262. The summed E-state index contributed by atoms with van der Waals surface area (Å²) in [4.78, 5) is 0. The standard InChI is InChI=1S/C8H13N5/c1-6-7(5-10-12-6)11-8-3-2-4-9-13-8/h2-4,6-7,10,12H,5H2,1H3,(H,11,13). The van der Waals surface area contributed by atoms with Gasteiger partial charge in [0.2, 0.25) is 0 Å². The molecule has 0 radical (unpaired) electrons. The van der Waals surface area contributed by atoms with E-state index in [9.17, 15) is 0 Å². The number of nitrogens with zero attached hydrogens (tertiary/aromatic N) is 2. The lowest BCUT2D eigenvalue weighted by Gasteiger charge is -2.15. The van der Waals surface area contributed by atoms with Gasteiger partial charge < -0.3 is 5.32 Å². The van der Waals surface area contributed by atoms with Crippen LogP contribution in [0.2, 0.25) is 0 Å². The van der Waals surface area contributed by atoms with Crippen LogP contribution < -0.4 is 16.2 Å². The summed E-state index contributed by atoms with van der Waals surface area (Å²) in [7, 11) is 0. The summed E-state index contributed by atoms with van der Waals surface area (Å²) in [6.45, 7) is 3.02. The maximum absolute atomic E-state index is 3.96. The third kappa shape index (κ3) is 1.93. The molecule has 2 heterocycles. The first-order chi connectivity index (χ1) is 6.36. The summed E-state index contributed by atoms with van der Waals surface area (Å²) in [5.41, 5.74) is 6.21. The number of rotatable bonds is 2. The molecular formula is C8H13N5. The first kappa shape index (κ1) is 8.40. The zero-order valence-electron chi connectivity index (χ0n) is 7.49. The molecule has 0 aromatic carbocycles. The van der Waals surface area contributed by atoms with E-state index in [1.54, 1.807) is 6.20 Å². The lowest BCUT2D eigenvalue weighted by Crippen LogP contribution is -2.34. The van der Waals surface area contributed by atoms with Crippen LogP contribution in [0.4, 0.5) is 5.82 Å². The van der Waals surface area contributed by atoms with E-state index < -0.39 is 0 Å². The predicted octanol–water partition coefficient (Wildman–Crippen LogP) is -0.247. The molecule has 0 spiro atoms. The van der Waals surface area contributed by atoms with E-state index in [1.165, 1.54) is 0 Å². The Kier molecular flexibility index (Phi) is 2.37. The van der Waals surface area contributed by atoms with E-state index in [-0.39, 0.29) is 0 Å². The lowest BCUT2D eigenvalue weighted by molar-refractivity contribution is 0.577. The fourth-order valence-electron chi connectivity index (χ4n) is 1.35. The number of aromatic nitrogens is 2. The van der Waals surface area contributed by atoms with Gasteiger partial charge in [-0.3, -0.25) is 10.9 Å². The minimum Gasteiger partial charge on any atom is -0.363 e. The molecule has 0 bridgehead atoms. The molecule has 1 aromatic heterocycles. The van der Waals surface area contributed by atoms with Crippen LogP contribution in [0.15, 0.2) is 18.3 Å². The van der Waals surface area contributed by atoms with Gasteiger partial charge in [0.25, 0.3) is 0 Å². The highest BCUT2D eigenvalue weighted by Gasteiger charge is 2.22. The Hall–Kier alpha value is -1.20. The van der Waals surface area contributed by atoms with Gasteiger partial charge in [0, 0.05) is 18.8 Å². The van der Waals surface area contributed by atoms with Crippen molar-refractivity contribution in [1.29, 1.82) is 0 Å². The van der Waals surface area contributed by atoms with Gasteiger partial charge in [-0.15, -0.1) is 5.10 Å². The second kappa shape index (κ2) is 3.68. The Labute approximate surface area is 76.9 Å². The number of anilines is 1. The summed E-state index contributed by atoms with van der Waals surface area (Å²) in [6, 6.07) is 4.56. The molecule has 1 fully saturated rings. The molecule has 3 N–H and O–H groups in total. The zero-order valence-corrected chi connectivity index (χ0v) is 7.49. The zero-order chi connectivity index (χ0) is 9.10. The van der Waals surface area contributed by atoms with Crippen molar-refractivity contribution >= 4 is 5.82 Å². The van der Waals surface area contributed by atoms with Crippen molar-refractivity contribution < 1.29 is 0 Å². The van der Waals surface area contributed by atoms with Crippen LogP contribution in [0, 0.1) is 0 Å². The molecule has 1 aromatic rings. The van der Waals surface area contributed by atoms with Crippen LogP contribution in [0.25, 0.3) is 0 Å². The molecule has 13 heavy (non-hydrogen) atoms. The van der Waals surface area contributed by atoms with Crippen LogP contribution in [0.1, 0.15) is 6.92 Å². The molecule has 1 saturated heterocycles. The van der Waals surface area contributed by atoms with E-state index >= 15 is 0 Å². The molecule has 0 amide bonds. The van der Waals surface area contributed by atoms with Gasteiger partial charge in [-0.2, -0.15) is 5.10 Å². The van der Waals surface area contributed by atoms with Crippen molar-refractivity contribution in [2.75, 3.05) is 11.9 Å². The predicted molar refractivity (Wildman–Crippen MR) is 50.0 cm³/mol. The molecule has 2 rings (SSSR count). The minimum absolute atomic E-state index is 0.372. The van der Waals surface area contributed by atoms with Crippen LogP contribution in [0.5, 0.6) is 0 Å². The quantitative estimate of drug-likeness (QED) is 0.584. The maximum Gasteiger partial charge on any atom is 0.148 e. The van der Waals surface area contributed by atoms with Crippen molar-refractivity contribution in [3.05, 3.63) is 18.3 Å². The number of hydrogen-bond donors (Lipinski definition) is 3. The normalized spacial score (nSPS) is 27.5. The van der Waals surface area contributed by atoms with E-state index in [4.69, 9.17) is 0 Å². The van der Waals surface area contributed by atoms with Crippen LogP contribution in [-0.2, 0) is 0 Å². The highest BCUT2D eigenvalue weighted by Crippen LogP contribution is 2.06. The smallest absolute Gasteiger partial charge is 0.148 e. The molecule has 1 aliphatic rings. The first-order valence-corrected chi connectivity index (χ1v) is 4.39. The maximum atomic E-state index is 3.96. The van der Waals surface area contributed by atoms with Gasteiger partial charge in [-0.1, -0.05) is 0 Å². The molecule has 5 nitrogen and oxygen atoms in total. The summed E-state index contributed by atoms with van der Waals surface area (Å²) < 4.78 is 0. The fraction of sp³-hybridized carbons (Fsp3) is 0.500. The molecule has 0 saturated carbocycles. The topological polar surface area (TPSA) is 61.9 Å². The Balaban J connectivity index is 1.98. The molecule has 2 unspecified atom stereocenters. The summed E-state index contributed by atoms with van der Waals surface area (Å²) in [5.74, 6) is 0.824. The van der Waals surface area contributed by atoms with Crippen molar-refractivity contribution in [3.8, 4) is 0 Å². The summed E-state index contributed by atoms with van der Waals surface area (Å²) >= 11 is 0. The number of hydrogen-bond acceptors (Lipinski definition) is 5. The van der Waals surface area contributed by atoms with Crippen molar-refractivity contribution in [2.45, 2.75) is 19.0 Å². The molecule has 70 valence electrons. The second-order valence-electron chi connectivity index (χ2n) is 3.17. The fourth-order valence-corrected chi connectivity index (χ4v) is 1.35. The summed E-state index contributed by atoms with van der Waals surface area (Å²) in [5, 5.41) is 11.1. The Morgan fingerprint density at radius 2 is 2.54 bits per heavy atom. The van der Waals surface area contributed by atoms with Crippen molar-refractivity contribution in [1.82, 2.24) is 21.0 Å². The van der Waals surface area contributed by atoms with Crippen LogP contribution in [-0.4, -0.2) is 28.8 Å². The first-order valence-electron chi connectivity index (χ1n) is 4.39. The average molecular weight is 179 g/mol. The van der Waals surface area contributed by atoms with Gasteiger partial charge in [0.05, 0.1) is 6.04 Å². The highest BCUT2D eigenvalue weighted by molar-refractivity contribution is 5.34. The van der Waals surface area contributed by atoms with E-state index in [2.05, 4.69) is 33.3 Å². The largest absolute Gasteiger partial charge is 0.363 e. The molecular weight excluding hydrogens is 166 g/mol. The SMILES string of the molecule is CC1NNCC1Nc1cccnn1. The molecule has 0 aliphatic carbocycles. The number of hydrazine groups is 1. The van der Waals surface area contributed by atoms with Crippen LogP contribution in [0.3, 0.4) is 0 Å². The van der Waals surface area contributed by atoms with Crippen molar-refractivity contribution in [3.63, 3.8) is 0 Å². The monoisotopic (exact) mass is 179 g/mol. The highest BCUT2D eigenvalue weighted by atomic mass is 15.4. The van der Waals surface area contributed by atoms with E-state index in [0.717, 1.165) is 12.4 Å². The molecule has 1 aliphatic heterocycles. The van der Waals surface area contributed by atoms with E-state index in [1.807, 2.05) is 12.1 Å². The lowest BCUT2D eigenvalue weighted by atomic mass is 10.2. The average Bonchev–Trinajstić information content (AvgIpc) is 2.54. The van der Waals surface area contributed by atoms with E-state index in [0.29, 0.717) is 12.1 Å². The Morgan fingerprint density at radius 1 is 1.62 bits per heavy atom. The van der Waals surface area contributed by atoms with Gasteiger partial charge in [0.1, 0.15) is 5.82 Å². The third-order valence-electron chi connectivity index (χ3n) is 2.16. The van der Waals surface area contributed by atoms with Gasteiger partial charge in [-0.25, -0.2) is 0 Å². The van der Waals surface area contributed by atoms with Gasteiger partial charge in [-0.05, 0) is 19.1 Å². The third-order valence-corrected chi connectivity index (χ3v) is 2.16.